The molecule has 0 aromatic carbocycles. The Kier molecular flexibility index (Phi) is 2.02. The van der Waals surface area contributed by atoms with E-state index in [1.807, 2.05) is 6.08 Å². The largest absolute Gasteiger partial charge is 0.155 e. The summed E-state index contributed by atoms with van der Waals surface area (Å²) in [5.41, 5.74) is 0. The highest BCUT2D eigenvalue weighted by atomic mass is 14.1. The lowest BCUT2D eigenvalue weighted by Crippen LogP contribution is -2.05. The Labute approximate surface area is 57.3 Å². The molecule has 48 valence electrons. The zero-order valence-corrected chi connectivity index (χ0v) is 6.09. The maximum absolute atomic E-state index is 3.06. The monoisotopic (exact) mass is 121 g/mol. The summed E-state index contributed by atoms with van der Waals surface area (Å²) in [5.74, 6) is 1.53. The molecule has 0 nitrogen and oxygen atoms in total. The zero-order valence-electron chi connectivity index (χ0n) is 6.09. The van der Waals surface area contributed by atoms with Gasteiger partial charge in [-0.2, -0.15) is 0 Å². The Bertz CT molecular complexity index is 129. The average Bonchev–Trinajstić information content (AvgIpc) is 1.90. The van der Waals surface area contributed by atoms with E-state index in [1.165, 1.54) is 6.42 Å². The van der Waals surface area contributed by atoms with E-state index in [2.05, 4.69) is 32.1 Å². The molecular formula is C9H13+. The van der Waals surface area contributed by atoms with Gasteiger partial charge in [-0.15, -0.1) is 0 Å². The molecule has 1 unspecified atom stereocenters. The summed E-state index contributed by atoms with van der Waals surface area (Å²) in [6, 6.07) is 0. The van der Waals surface area contributed by atoms with Crippen LogP contribution >= 0.6 is 0 Å². The number of hydrogen-bond donors (Lipinski definition) is 0. The van der Waals surface area contributed by atoms with E-state index in [1.54, 1.807) is 0 Å². The van der Waals surface area contributed by atoms with Crippen molar-refractivity contribution >= 4 is 0 Å². The van der Waals surface area contributed by atoms with Crippen LogP contribution < -0.4 is 0 Å². The first kappa shape index (κ1) is 6.51. The van der Waals surface area contributed by atoms with Crippen molar-refractivity contribution in [1.82, 2.24) is 0 Å². The lowest BCUT2D eigenvalue weighted by Gasteiger charge is -2.09. The van der Waals surface area contributed by atoms with Crippen LogP contribution in [0.3, 0.4) is 0 Å². The molecule has 1 rings (SSSR count). The van der Waals surface area contributed by atoms with Crippen LogP contribution in [0.15, 0.2) is 18.2 Å². The smallest absolute Gasteiger partial charge is 0.0605 e. The molecule has 0 radical (unpaired) electrons. The number of hydrogen-bond acceptors (Lipinski definition) is 0. The fourth-order valence-electron chi connectivity index (χ4n) is 1.02. The third-order valence-corrected chi connectivity index (χ3v) is 1.80. The molecule has 0 fully saturated rings. The molecule has 0 aromatic rings. The average molecular weight is 121 g/mol. The van der Waals surface area contributed by atoms with Crippen molar-refractivity contribution in [3.05, 3.63) is 24.3 Å². The first-order valence-corrected chi connectivity index (χ1v) is 3.55. The second-order valence-corrected chi connectivity index (χ2v) is 2.87. The van der Waals surface area contributed by atoms with Crippen LogP contribution in [0.5, 0.6) is 0 Å². The van der Waals surface area contributed by atoms with E-state index >= 15 is 0 Å². The predicted molar refractivity (Wildman–Crippen MR) is 39.9 cm³/mol. The Hall–Kier alpha value is -0.610. The number of rotatable bonds is 1. The summed E-state index contributed by atoms with van der Waals surface area (Å²) in [7, 11) is 0. The topological polar surface area (TPSA) is 0 Å². The third kappa shape index (κ3) is 1.65. The van der Waals surface area contributed by atoms with Gasteiger partial charge in [0.25, 0.3) is 0 Å². The van der Waals surface area contributed by atoms with Gasteiger partial charge in [-0.1, -0.05) is 13.8 Å². The summed E-state index contributed by atoms with van der Waals surface area (Å²) in [5, 5.41) is 0. The summed E-state index contributed by atoms with van der Waals surface area (Å²) in [4.78, 5) is 0. The quantitative estimate of drug-likeness (QED) is 0.468. The molecule has 0 heterocycles. The van der Waals surface area contributed by atoms with Crippen molar-refractivity contribution in [3.63, 3.8) is 0 Å². The lowest BCUT2D eigenvalue weighted by molar-refractivity contribution is 0.467. The van der Waals surface area contributed by atoms with Gasteiger partial charge in [-0.05, 0) is 5.92 Å². The van der Waals surface area contributed by atoms with Crippen molar-refractivity contribution in [2.75, 3.05) is 0 Å². The van der Waals surface area contributed by atoms with Crippen LogP contribution in [0.1, 0.15) is 20.3 Å². The molecule has 0 N–H and O–H groups in total. The van der Waals surface area contributed by atoms with Crippen molar-refractivity contribution in [2.45, 2.75) is 20.3 Å². The highest BCUT2D eigenvalue weighted by molar-refractivity contribution is 5.05. The predicted octanol–water partition coefficient (Wildman–Crippen LogP) is 2.58. The van der Waals surface area contributed by atoms with Gasteiger partial charge in [0.15, 0.2) is 6.08 Å². The van der Waals surface area contributed by atoms with E-state index in [4.69, 9.17) is 0 Å². The lowest BCUT2D eigenvalue weighted by atomic mass is 9.90. The van der Waals surface area contributed by atoms with Crippen LogP contribution in [0.2, 0.25) is 0 Å². The van der Waals surface area contributed by atoms with Gasteiger partial charge < -0.3 is 0 Å². The second kappa shape index (κ2) is 2.80. The maximum atomic E-state index is 3.06. The second-order valence-electron chi connectivity index (χ2n) is 2.87. The molecule has 0 aliphatic heterocycles. The fourth-order valence-corrected chi connectivity index (χ4v) is 1.02. The minimum atomic E-state index is 0.756. The van der Waals surface area contributed by atoms with Gasteiger partial charge in [0.2, 0.25) is 0 Å². The van der Waals surface area contributed by atoms with E-state index in [0.29, 0.717) is 0 Å². The normalized spacial score (nSPS) is 24.6. The third-order valence-electron chi connectivity index (χ3n) is 1.80. The molecule has 0 saturated carbocycles. The molecule has 0 amide bonds. The SMILES string of the molecule is CC(C)C1C=C[C+]=CC1. The summed E-state index contributed by atoms with van der Waals surface area (Å²) in [6.07, 6.45) is 10.6. The standard InChI is InChI=1S/C9H13/c1-8(2)9-6-4-3-5-7-9/h4-6,8-9H,7H2,1-2H3/q+1. The molecular weight excluding hydrogens is 108 g/mol. The molecule has 0 heteroatoms. The fraction of sp³-hybridized carbons (Fsp3) is 0.556. The van der Waals surface area contributed by atoms with Crippen molar-refractivity contribution in [2.24, 2.45) is 11.8 Å². The van der Waals surface area contributed by atoms with Gasteiger partial charge >= 0.3 is 0 Å². The summed E-state index contributed by atoms with van der Waals surface area (Å²) < 4.78 is 0. The van der Waals surface area contributed by atoms with Crippen molar-refractivity contribution < 1.29 is 0 Å². The van der Waals surface area contributed by atoms with Crippen molar-refractivity contribution in [1.29, 1.82) is 0 Å². The molecule has 0 bridgehead atoms. The van der Waals surface area contributed by atoms with Crippen molar-refractivity contribution in [3.8, 4) is 0 Å². The molecule has 1 atom stereocenters. The van der Waals surface area contributed by atoms with Gasteiger partial charge in [-0.3, -0.25) is 0 Å². The van der Waals surface area contributed by atoms with E-state index < -0.39 is 0 Å². The first-order valence-electron chi connectivity index (χ1n) is 3.55. The maximum Gasteiger partial charge on any atom is 0.155 e. The molecule has 0 aromatic heterocycles. The molecule has 9 heavy (non-hydrogen) atoms. The van der Waals surface area contributed by atoms with Crippen LogP contribution in [0, 0.1) is 17.9 Å². The van der Waals surface area contributed by atoms with Gasteiger partial charge in [0.05, 0.1) is 24.1 Å². The highest BCUT2D eigenvalue weighted by Gasteiger charge is 2.15. The van der Waals surface area contributed by atoms with E-state index in [0.717, 1.165) is 11.8 Å². The van der Waals surface area contributed by atoms with Gasteiger partial charge in [0.1, 0.15) is 0 Å². The minimum absolute atomic E-state index is 0.756. The molecule has 1 aliphatic rings. The Morgan fingerprint density at radius 3 is 2.67 bits per heavy atom. The van der Waals surface area contributed by atoms with Crippen LogP contribution in [0.4, 0.5) is 0 Å². The Morgan fingerprint density at radius 1 is 1.56 bits per heavy atom. The summed E-state index contributed by atoms with van der Waals surface area (Å²) >= 11 is 0. The number of allylic oxidation sites excluding steroid dienone is 4. The van der Waals surface area contributed by atoms with Crippen LogP contribution in [0.25, 0.3) is 0 Å². The van der Waals surface area contributed by atoms with Crippen LogP contribution in [-0.2, 0) is 0 Å². The first-order chi connectivity index (χ1) is 4.30. The van der Waals surface area contributed by atoms with Gasteiger partial charge in [0, 0.05) is 6.42 Å². The molecule has 0 spiro atoms. The Morgan fingerprint density at radius 2 is 2.33 bits per heavy atom. The zero-order chi connectivity index (χ0) is 6.69. The molecule has 0 saturated heterocycles. The highest BCUT2D eigenvalue weighted by Crippen LogP contribution is 2.19. The van der Waals surface area contributed by atoms with E-state index in [9.17, 15) is 0 Å². The molecule has 1 aliphatic carbocycles. The minimum Gasteiger partial charge on any atom is -0.0605 e. The van der Waals surface area contributed by atoms with Crippen LogP contribution in [-0.4, -0.2) is 0 Å². The Balaban J connectivity index is 2.46. The summed E-state index contributed by atoms with van der Waals surface area (Å²) in [6.45, 7) is 4.52. The van der Waals surface area contributed by atoms with Gasteiger partial charge in [-0.25, -0.2) is 0 Å². The van der Waals surface area contributed by atoms with E-state index in [-0.39, 0.29) is 0 Å².